The second kappa shape index (κ2) is 7.02. The number of nitrogens with one attached hydrogen (secondary N) is 1. The van der Waals surface area contributed by atoms with Crippen molar-refractivity contribution in [2.45, 2.75) is 18.2 Å². The number of sulfone groups is 1. The lowest BCUT2D eigenvalue weighted by Crippen LogP contribution is -2.15. The monoisotopic (exact) mass is 353 g/mol. The van der Waals surface area contributed by atoms with E-state index in [2.05, 4.69) is 5.32 Å². The van der Waals surface area contributed by atoms with E-state index in [0.717, 1.165) is 5.56 Å². The summed E-state index contributed by atoms with van der Waals surface area (Å²) in [5, 5.41) is 12.9. The number of aromatic hydroxyl groups is 1. The second-order valence-corrected chi connectivity index (χ2v) is 7.65. The maximum absolute atomic E-state index is 12.0. The minimum atomic E-state index is -3.41. The van der Waals surface area contributed by atoms with Gasteiger partial charge in [0.05, 0.1) is 22.8 Å². The fourth-order valence-electron chi connectivity index (χ4n) is 1.96. The highest BCUT2D eigenvalue weighted by Gasteiger charge is 2.15. The Morgan fingerprint density at radius 3 is 2.43 bits per heavy atom. The van der Waals surface area contributed by atoms with Gasteiger partial charge in [-0.3, -0.25) is 4.79 Å². The molecule has 7 heteroatoms. The van der Waals surface area contributed by atoms with Crippen LogP contribution < -0.4 is 5.32 Å². The Hall–Kier alpha value is -2.05. The van der Waals surface area contributed by atoms with Crippen molar-refractivity contribution in [2.24, 2.45) is 0 Å². The van der Waals surface area contributed by atoms with Gasteiger partial charge in [0.25, 0.3) is 0 Å². The van der Waals surface area contributed by atoms with Crippen LogP contribution in [-0.4, -0.2) is 25.2 Å². The number of phenolic OH excluding ortho intramolecular Hbond substituents is 1. The molecule has 0 saturated heterocycles. The third-order valence-corrected chi connectivity index (χ3v) is 5.24. The van der Waals surface area contributed by atoms with Gasteiger partial charge >= 0.3 is 0 Å². The molecule has 0 saturated carbocycles. The van der Waals surface area contributed by atoms with Gasteiger partial charge in [-0.1, -0.05) is 30.7 Å². The lowest BCUT2D eigenvalue weighted by Gasteiger charge is -2.10. The summed E-state index contributed by atoms with van der Waals surface area (Å²) in [6, 6.07) is 10.6. The highest BCUT2D eigenvalue weighted by molar-refractivity contribution is 7.91. The Labute approximate surface area is 139 Å². The lowest BCUT2D eigenvalue weighted by atomic mass is 10.1. The molecule has 5 nitrogen and oxygen atoms in total. The SMILES string of the molecule is CCS(=O)(=O)c1ccc(O)c(NC(=O)Cc2ccc(Cl)cc2)c1. The van der Waals surface area contributed by atoms with Crippen molar-refractivity contribution < 1.29 is 18.3 Å². The van der Waals surface area contributed by atoms with Gasteiger partial charge in [0.1, 0.15) is 5.75 Å². The molecule has 23 heavy (non-hydrogen) atoms. The van der Waals surface area contributed by atoms with Crippen molar-refractivity contribution in [3.63, 3.8) is 0 Å². The van der Waals surface area contributed by atoms with Gasteiger partial charge in [0, 0.05) is 5.02 Å². The van der Waals surface area contributed by atoms with Gasteiger partial charge in [0.15, 0.2) is 9.84 Å². The summed E-state index contributed by atoms with van der Waals surface area (Å²) >= 11 is 5.78. The molecule has 0 bridgehead atoms. The number of halogens is 1. The average Bonchev–Trinajstić information content (AvgIpc) is 2.51. The first-order valence-corrected chi connectivity index (χ1v) is 8.95. The van der Waals surface area contributed by atoms with E-state index in [1.54, 1.807) is 24.3 Å². The van der Waals surface area contributed by atoms with Gasteiger partial charge < -0.3 is 10.4 Å². The van der Waals surface area contributed by atoms with Crippen LogP contribution in [-0.2, 0) is 21.1 Å². The predicted molar refractivity (Wildman–Crippen MR) is 89.6 cm³/mol. The van der Waals surface area contributed by atoms with Crippen molar-refractivity contribution >= 4 is 33.0 Å². The van der Waals surface area contributed by atoms with E-state index in [9.17, 15) is 18.3 Å². The molecule has 0 aliphatic carbocycles. The Kier molecular flexibility index (Phi) is 5.28. The second-order valence-electron chi connectivity index (χ2n) is 4.93. The van der Waals surface area contributed by atoms with Crippen LogP contribution in [0.3, 0.4) is 0 Å². The Bertz CT molecular complexity index is 816. The van der Waals surface area contributed by atoms with Crippen LogP contribution >= 0.6 is 11.6 Å². The molecule has 0 fully saturated rings. The summed E-state index contributed by atoms with van der Waals surface area (Å²) in [6.45, 7) is 1.53. The molecule has 0 spiro atoms. The van der Waals surface area contributed by atoms with Gasteiger partial charge in [-0.05, 0) is 35.9 Å². The molecule has 2 aromatic rings. The number of carbonyl (C=O) groups excluding carboxylic acids is 1. The van der Waals surface area contributed by atoms with Crippen LogP contribution in [0.25, 0.3) is 0 Å². The molecule has 1 amide bonds. The van der Waals surface area contributed by atoms with E-state index in [1.165, 1.54) is 25.1 Å². The first kappa shape index (κ1) is 17.3. The smallest absolute Gasteiger partial charge is 0.228 e. The highest BCUT2D eigenvalue weighted by atomic mass is 35.5. The average molecular weight is 354 g/mol. The van der Waals surface area contributed by atoms with Crippen LogP contribution in [0.15, 0.2) is 47.4 Å². The summed E-state index contributed by atoms with van der Waals surface area (Å²) < 4.78 is 23.7. The zero-order valence-electron chi connectivity index (χ0n) is 12.4. The first-order valence-electron chi connectivity index (χ1n) is 6.92. The minimum Gasteiger partial charge on any atom is -0.506 e. The third-order valence-electron chi connectivity index (χ3n) is 3.26. The van der Waals surface area contributed by atoms with Crippen molar-refractivity contribution in [1.29, 1.82) is 0 Å². The number of rotatable bonds is 5. The van der Waals surface area contributed by atoms with Gasteiger partial charge in [0.2, 0.25) is 5.91 Å². The molecule has 2 aromatic carbocycles. The molecule has 0 atom stereocenters. The van der Waals surface area contributed by atoms with E-state index in [4.69, 9.17) is 11.6 Å². The summed E-state index contributed by atoms with van der Waals surface area (Å²) in [5.74, 6) is -0.617. The fraction of sp³-hybridized carbons (Fsp3) is 0.188. The molecule has 2 rings (SSSR count). The van der Waals surface area contributed by atoms with Crippen LogP contribution in [0, 0.1) is 0 Å². The molecule has 0 aliphatic rings. The maximum Gasteiger partial charge on any atom is 0.228 e. The van der Waals surface area contributed by atoms with Crippen LogP contribution in [0.2, 0.25) is 5.02 Å². The number of benzene rings is 2. The molecule has 0 unspecified atom stereocenters. The number of phenols is 1. The van der Waals surface area contributed by atoms with Crippen LogP contribution in [0.4, 0.5) is 5.69 Å². The van der Waals surface area contributed by atoms with E-state index in [-0.39, 0.29) is 34.4 Å². The number of hydrogen-bond donors (Lipinski definition) is 2. The normalized spacial score (nSPS) is 11.2. The van der Waals surface area contributed by atoms with E-state index in [1.807, 2.05) is 0 Å². The summed E-state index contributed by atoms with van der Waals surface area (Å²) in [5.41, 5.74) is 0.821. The third kappa shape index (κ3) is 4.46. The number of hydrogen-bond acceptors (Lipinski definition) is 4. The molecule has 122 valence electrons. The lowest BCUT2D eigenvalue weighted by molar-refractivity contribution is -0.115. The van der Waals surface area contributed by atoms with Gasteiger partial charge in [-0.15, -0.1) is 0 Å². The Morgan fingerprint density at radius 1 is 1.17 bits per heavy atom. The van der Waals surface area contributed by atoms with Crippen LogP contribution in [0.5, 0.6) is 5.75 Å². The molecule has 2 N–H and O–H groups in total. The minimum absolute atomic E-state index is 0.0552. The zero-order chi connectivity index (χ0) is 17.0. The molecular weight excluding hydrogens is 338 g/mol. The number of amides is 1. The summed E-state index contributed by atoms with van der Waals surface area (Å²) in [7, 11) is -3.41. The largest absolute Gasteiger partial charge is 0.506 e. The highest BCUT2D eigenvalue weighted by Crippen LogP contribution is 2.27. The number of carbonyl (C=O) groups is 1. The van der Waals surface area contributed by atoms with Crippen LogP contribution in [0.1, 0.15) is 12.5 Å². The van der Waals surface area contributed by atoms with Crippen molar-refractivity contribution in [3.8, 4) is 5.75 Å². The van der Waals surface area contributed by atoms with Gasteiger partial charge in [-0.2, -0.15) is 0 Å². The summed E-state index contributed by atoms with van der Waals surface area (Å²) in [4.78, 5) is 12.1. The zero-order valence-corrected chi connectivity index (χ0v) is 14.0. The quantitative estimate of drug-likeness (QED) is 0.809. The van der Waals surface area contributed by atoms with Gasteiger partial charge in [-0.25, -0.2) is 8.42 Å². The van der Waals surface area contributed by atoms with E-state index >= 15 is 0 Å². The molecule has 0 radical (unpaired) electrons. The predicted octanol–water partition coefficient (Wildman–Crippen LogP) is 3.02. The molecule has 0 aromatic heterocycles. The molecular formula is C16H16ClNO4S. The van der Waals surface area contributed by atoms with Crippen molar-refractivity contribution in [1.82, 2.24) is 0 Å². The Morgan fingerprint density at radius 2 is 1.83 bits per heavy atom. The molecule has 0 aliphatic heterocycles. The van der Waals surface area contributed by atoms with Crippen molar-refractivity contribution in [3.05, 3.63) is 53.1 Å². The van der Waals surface area contributed by atoms with E-state index < -0.39 is 9.84 Å². The number of anilines is 1. The molecule has 0 heterocycles. The standard InChI is InChI=1S/C16H16ClNO4S/c1-2-23(21,22)13-7-8-15(19)14(10-13)18-16(20)9-11-3-5-12(17)6-4-11/h3-8,10,19H,2,9H2,1H3,(H,18,20). The maximum atomic E-state index is 12.0. The van der Waals surface area contributed by atoms with Crippen molar-refractivity contribution in [2.75, 3.05) is 11.1 Å². The Balaban J connectivity index is 2.17. The fourth-order valence-corrected chi connectivity index (χ4v) is 2.99. The first-order chi connectivity index (χ1) is 10.8. The topological polar surface area (TPSA) is 83.5 Å². The summed E-state index contributed by atoms with van der Waals surface area (Å²) in [6.07, 6.45) is 0.0847. The van der Waals surface area contributed by atoms with E-state index in [0.29, 0.717) is 5.02 Å².